The minimum absolute atomic E-state index is 0.221. The van der Waals surface area contributed by atoms with Crippen molar-refractivity contribution in [3.05, 3.63) is 29.3 Å². The molecule has 1 atom stereocenters. The largest absolute Gasteiger partial charge is 0.335 e. The van der Waals surface area contributed by atoms with Gasteiger partial charge in [0.05, 0.1) is 21.3 Å². The van der Waals surface area contributed by atoms with Crippen molar-refractivity contribution in [3.63, 3.8) is 0 Å². The van der Waals surface area contributed by atoms with E-state index in [1.807, 2.05) is 19.1 Å². The Morgan fingerprint density at radius 2 is 1.92 bits per heavy atom. The van der Waals surface area contributed by atoms with Crippen molar-refractivity contribution in [1.82, 2.24) is 20.5 Å². The molecule has 2 heterocycles. The predicted molar refractivity (Wildman–Crippen MR) is 102 cm³/mol. The first-order valence-electron chi connectivity index (χ1n) is 9.31. The number of para-hydroxylation sites is 1. The Morgan fingerprint density at radius 3 is 2.62 bits per heavy atom. The van der Waals surface area contributed by atoms with Gasteiger partial charge in [0.2, 0.25) is 5.91 Å². The first-order chi connectivity index (χ1) is 12.6. The quantitative estimate of drug-likeness (QED) is 0.865. The number of fused-ring (bicyclic) bond motifs is 1. The molecule has 0 radical (unpaired) electrons. The summed E-state index contributed by atoms with van der Waals surface area (Å²) in [7, 11) is 0. The summed E-state index contributed by atoms with van der Waals surface area (Å²) in [5.41, 5.74) is 1.07. The summed E-state index contributed by atoms with van der Waals surface area (Å²) in [4.78, 5) is 31.0. The molecule has 4 rings (SSSR count). The second-order valence-corrected chi connectivity index (χ2v) is 8.31. The van der Waals surface area contributed by atoms with Crippen LogP contribution >= 0.6 is 11.3 Å². The molecule has 3 amide bonds. The molecule has 1 saturated heterocycles. The molecule has 6 nitrogen and oxygen atoms in total. The fourth-order valence-electron chi connectivity index (χ4n) is 3.43. The van der Waals surface area contributed by atoms with Crippen LogP contribution in [0.2, 0.25) is 0 Å². The van der Waals surface area contributed by atoms with Gasteiger partial charge in [-0.15, -0.1) is 11.3 Å². The van der Waals surface area contributed by atoms with E-state index in [1.165, 1.54) is 9.71 Å². The maximum atomic E-state index is 12.3. The van der Waals surface area contributed by atoms with Gasteiger partial charge in [-0.25, -0.2) is 9.78 Å². The van der Waals surface area contributed by atoms with E-state index in [9.17, 15) is 9.59 Å². The number of hydrogen-bond donors (Lipinski definition) is 2. The van der Waals surface area contributed by atoms with Crippen molar-refractivity contribution >= 4 is 33.5 Å². The summed E-state index contributed by atoms with van der Waals surface area (Å²) in [6.45, 7) is 3.57. The van der Waals surface area contributed by atoms with Crippen LogP contribution in [0.5, 0.6) is 0 Å². The summed E-state index contributed by atoms with van der Waals surface area (Å²) in [5.74, 6) is 0.235. The first kappa shape index (κ1) is 17.4. The molecule has 1 aromatic heterocycles. The van der Waals surface area contributed by atoms with Crippen LogP contribution in [0.15, 0.2) is 24.3 Å². The molecule has 0 spiro atoms. The smallest absolute Gasteiger partial charge is 0.321 e. The zero-order valence-electron chi connectivity index (χ0n) is 14.9. The summed E-state index contributed by atoms with van der Waals surface area (Å²) in [6.07, 6.45) is 4.00. The van der Waals surface area contributed by atoms with Gasteiger partial charge in [0.15, 0.2) is 0 Å². The minimum Gasteiger partial charge on any atom is -0.335 e. The lowest BCUT2D eigenvalue weighted by atomic mass is 9.96. The number of rotatable bonds is 4. The molecule has 7 heteroatoms. The molecule has 26 heavy (non-hydrogen) atoms. The highest BCUT2D eigenvalue weighted by atomic mass is 32.1. The first-order valence-corrected chi connectivity index (χ1v) is 10.1. The zero-order valence-corrected chi connectivity index (χ0v) is 15.7. The number of amides is 3. The second-order valence-electron chi connectivity index (χ2n) is 7.24. The third-order valence-electron chi connectivity index (χ3n) is 5.27. The number of nitrogens with zero attached hydrogens (tertiary/aromatic N) is 2. The number of urea groups is 1. The third kappa shape index (κ3) is 3.88. The van der Waals surface area contributed by atoms with Crippen LogP contribution in [0.25, 0.3) is 10.2 Å². The Bertz CT molecular complexity index is 776. The molecule has 138 valence electrons. The van der Waals surface area contributed by atoms with Gasteiger partial charge in [-0.3, -0.25) is 15.0 Å². The molecule has 2 aliphatic rings. The lowest BCUT2D eigenvalue weighted by molar-refractivity contribution is -0.125. The van der Waals surface area contributed by atoms with Gasteiger partial charge in [0, 0.05) is 12.0 Å². The van der Waals surface area contributed by atoms with Crippen molar-refractivity contribution in [2.75, 3.05) is 13.1 Å². The molecule has 1 saturated carbocycles. The predicted octanol–water partition coefficient (Wildman–Crippen LogP) is 2.85. The Labute approximate surface area is 157 Å². The Hall–Kier alpha value is -1.99. The maximum Gasteiger partial charge on any atom is 0.321 e. The van der Waals surface area contributed by atoms with Crippen molar-refractivity contribution in [2.24, 2.45) is 0 Å². The highest BCUT2D eigenvalue weighted by molar-refractivity contribution is 7.18. The molecule has 1 aromatic carbocycles. The summed E-state index contributed by atoms with van der Waals surface area (Å²) in [6, 6.07) is 7.84. The number of imide groups is 1. The van der Waals surface area contributed by atoms with Crippen LogP contribution in [0.4, 0.5) is 4.79 Å². The van der Waals surface area contributed by atoms with Gasteiger partial charge >= 0.3 is 6.03 Å². The van der Waals surface area contributed by atoms with Crippen molar-refractivity contribution in [1.29, 1.82) is 0 Å². The average molecular weight is 372 g/mol. The molecule has 2 N–H and O–H groups in total. The number of benzene rings is 1. The molecular weight excluding hydrogens is 348 g/mol. The average Bonchev–Trinajstić information content (AvgIpc) is 3.35. The van der Waals surface area contributed by atoms with Crippen molar-refractivity contribution in [3.8, 4) is 0 Å². The summed E-state index contributed by atoms with van der Waals surface area (Å²) >= 11 is 1.78. The molecule has 2 fully saturated rings. The lowest BCUT2D eigenvalue weighted by Crippen LogP contribution is -2.51. The third-order valence-corrected chi connectivity index (χ3v) is 6.46. The number of hydrogen-bond acceptors (Lipinski definition) is 5. The van der Waals surface area contributed by atoms with E-state index in [0.717, 1.165) is 44.3 Å². The summed E-state index contributed by atoms with van der Waals surface area (Å²) in [5, 5.41) is 6.46. The molecule has 2 aromatic rings. The van der Waals surface area contributed by atoms with Crippen LogP contribution < -0.4 is 10.6 Å². The minimum atomic E-state index is -0.367. The van der Waals surface area contributed by atoms with Crippen LogP contribution in [0.3, 0.4) is 0 Å². The molecule has 1 aliphatic carbocycles. The fraction of sp³-hybridized carbons (Fsp3) is 0.526. The lowest BCUT2D eigenvalue weighted by Gasteiger charge is -2.34. The van der Waals surface area contributed by atoms with Crippen molar-refractivity contribution in [2.45, 2.75) is 50.6 Å². The second kappa shape index (κ2) is 7.32. The molecule has 1 unspecified atom stereocenters. The number of nitrogens with one attached hydrogen (secondary N) is 2. The van der Waals surface area contributed by atoms with Crippen LogP contribution in [0, 0.1) is 0 Å². The van der Waals surface area contributed by atoms with Gasteiger partial charge < -0.3 is 5.32 Å². The SMILES string of the molecule is CC(C(=O)NC(=O)NC1CC1)N1CCC(c2nc3ccccc3s2)CC1. The Kier molecular flexibility index (Phi) is 4.91. The monoisotopic (exact) mass is 372 g/mol. The van der Waals surface area contributed by atoms with Crippen molar-refractivity contribution < 1.29 is 9.59 Å². The van der Waals surface area contributed by atoms with Gasteiger partial charge in [-0.05, 0) is 57.8 Å². The Balaban J connectivity index is 1.30. The maximum absolute atomic E-state index is 12.3. The topological polar surface area (TPSA) is 74.3 Å². The van der Waals surface area contributed by atoms with Crippen LogP contribution in [-0.2, 0) is 4.79 Å². The number of carbonyl (C=O) groups excluding carboxylic acids is 2. The van der Waals surface area contributed by atoms with E-state index in [-0.39, 0.29) is 24.0 Å². The van der Waals surface area contributed by atoms with E-state index < -0.39 is 0 Å². The molecule has 1 aliphatic heterocycles. The fourth-order valence-corrected chi connectivity index (χ4v) is 4.57. The molecular formula is C19H24N4O2S. The Morgan fingerprint density at radius 1 is 1.19 bits per heavy atom. The van der Waals surface area contributed by atoms with E-state index >= 15 is 0 Å². The number of thiazole rings is 1. The summed E-state index contributed by atoms with van der Waals surface area (Å²) < 4.78 is 1.24. The van der Waals surface area contributed by atoms with Crippen LogP contribution in [-0.4, -0.2) is 47.0 Å². The van der Waals surface area contributed by atoms with Crippen LogP contribution in [0.1, 0.15) is 43.5 Å². The number of carbonyl (C=O) groups is 2. The molecule has 0 bridgehead atoms. The number of likely N-dealkylation sites (tertiary alicyclic amines) is 1. The number of aromatic nitrogens is 1. The van der Waals surface area contributed by atoms with E-state index in [0.29, 0.717) is 5.92 Å². The normalized spacial score (nSPS) is 20.0. The zero-order chi connectivity index (χ0) is 18.1. The van der Waals surface area contributed by atoms with Gasteiger partial charge in [0.1, 0.15) is 0 Å². The standard InChI is InChI=1S/C19H24N4O2S/c1-12(17(24)22-19(25)20-14-6-7-14)23-10-8-13(9-11-23)18-21-15-4-2-3-5-16(15)26-18/h2-5,12-14H,6-11H2,1H3,(H2,20,22,24,25). The van der Waals surface area contributed by atoms with Gasteiger partial charge in [-0.2, -0.15) is 0 Å². The van der Waals surface area contributed by atoms with E-state index in [4.69, 9.17) is 4.98 Å². The number of piperidine rings is 1. The van der Waals surface area contributed by atoms with Gasteiger partial charge in [0.25, 0.3) is 0 Å². The van der Waals surface area contributed by atoms with Gasteiger partial charge in [-0.1, -0.05) is 12.1 Å². The van der Waals surface area contributed by atoms with E-state index in [1.54, 1.807) is 11.3 Å². The highest BCUT2D eigenvalue weighted by Crippen LogP contribution is 2.34. The van der Waals surface area contributed by atoms with E-state index in [2.05, 4.69) is 27.7 Å². The highest BCUT2D eigenvalue weighted by Gasteiger charge is 2.30.